The molecule has 1 unspecified atom stereocenters. The molecule has 0 bridgehead atoms. The van der Waals surface area contributed by atoms with E-state index in [-0.39, 0.29) is 25.1 Å². The number of halogens is 2. The van der Waals surface area contributed by atoms with Crippen LogP contribution in [0.1, 0.15) is 18.0 Å². The minimum Gasteiger partial charge on any atom is -0.396 e. The van der Waals surface area contributed by atoms with Gasteiger partial charge >= 0.3 is 0 Å². The van der Waals surface area contributed by atoms with Crippen molar-refractivity contribution >= 4 is 24.0 Å². The van der Waals surface area contributed by atoms with Crippen molar-refractivity contribution in [2.75, 3.05) is 6.61 Å². The molecular formula is C15H17Cl2NO. The van der Waals surface area contributed by atoms with Crippen LogP contribution in [0.15, 0.2) is 48.5 Å². The quantitative estimate of drug-likeness (QED) is 0.901. The predicted octanol–water partition coefficient (Wildman–Crippen LogP) is 3.81. The number of rotatable bonds is 4. The molecule has 2 nitrogen and oxygen atoms in total. The predicted molar refractivity (Wildman–Crippen MR) is 82.8 cm³/mol. The van der Waals surface area contributed by atoms with Crippen LogP contribution in [0.5, 0.6) is 0 Å². The van der Waals surface area contributed by atoms with Gasteiger partial charge in [0.15, 0.2) is 0 Å². The zero-order valence-corrected chi connectivity index (χ0v) is 12.0. The SMILES string of the molecule is Cl.NC(CCO)c1cccc(-c2ccc(Cl)cc2)c1. The molecule has 2 aromatic rings. The van der Waals surface area contributed by atoms with Crippen LogP contribution < -0.4 is 5.73 Å². The highest BCUT2D eigenvalue weighted by Crippen LogP contribution is 2.24. The first-order valence-corrected chi connectivity index (χ1v) is 6.31. The van der Waals surface area contributed by atoms with Crippen molar-refractivity contribution in [1.82, 2.24) is 0 Å². The third kappa shape index (κ3) is 4.22. The monoisotopic (exact) mass is 297 g/mol. The van der Waals surface area contributed by atoms with Gasteiger partial charge in [-0.1, -0.05) is 41.9 Å². The molecule has 19 heavy (non-hydrogen) atoms. The Labute approximate surface area is 124 Å². The van der Waals surface area contributed by atoms with Crippen molar-refractivity contribution in [3.8, 4) is 11.1 Å². The average Bonchev–Trinajstić information content (AvgIpc) is 2.40. The van der Waals surface area contributed by atoms with E-state index < -0.39 is 0 Å². The van der Waals surface area contributed by atoms with Crippen LogP contribution in [0.4, 0.5) is 0 Å². The second kappa shape index (κ2) is 7.51. The molecule has 0 spiro atoms. The van der Waals surface area contributed by atoms with Gasteiger partial charge in [-0.2, -0.15) is 0 Å². The first kappa shape index (κ1) is 16.0. The van der Waals surface area contributed by atoms with E-state index in [1.54, 1.807) is 0 Å². The summed E-state index contributed by atoms with van der Waals surface area (Å²) >= 11 is 5.87. The van der Waals surface area contributed by atoms with Crippen molar-refractivity contribution in [1.29, 1.82) is 0 Å². The molecule has 2 aromatic carbocycles. The molecule has 0 fully saturated rings. The molecule has 1 atom stereocenters. The van der Waals surface area contributed by atoms with Crippen LogP contribution in [-0.4, -0.2) is 11.7 Å². The van der Waals surface area contributed by atoms with Gasteiger partial charge in [0, 0.05) is 17.7 Å². The molecule has 0 amide bonds. The Morgan fingerprint density at radius 1 is 1.05 bits per heavy atom. The van der Waals surface area contributed by atoms with E-state index in [0.717, 1.165) is 21.7 Å². The fraction of sp³-hybridized carbons (Fsp3) is 0.200. The molecule has 0 saturated carbocycles. The maximum absolute atomic E-state index is 8.92. The van der Waals surface area contributed by atoms with Crippen molar-refractivity contribution in [3.05, 3.63) is 59.1 Å². The molecular weight excluding hydrogens is 281 g/mol. The topological polar surface area (TPSA) is 46.2 Å². The average molecular weight is 298 g/mol. The first-order valence-electron chi connectivity index (χ1n) is 5.93. The smallest absolute Gasteiger partial charge is 0.0449 e. The Kier molecular flexibility index (Phi) is 6.32. The van der Waals surface area contributed by atoms with Gasteiger partial charge in [-0.25, -0.2) is 0 Å². The standard InChI is InChI=1S/C15H16ClNO.ClH/c16-14-6-4-11(5-7-14)12-2-1-3-13(10-12)15(17)8-9-18;/h1-7,10,15,18H,8-9,17H2;1H. The summed E-state index contributed by atoms with van der Waals surface area (Å²) in [7, 11) is 0. The van der Waals surface area contributed by atoms with Gasteiger partial charge in [0.25, 0.3) is 0 Å². The van der Waals surface area contributed by atoms with Gasteiger partial charge < -0.3 is 10.8 Å². The highest BCUT2D eigenvalue weighted by atomic mass is 35.5. The normalized spacial score (nSPS) is 11.7. The summed E-state index contributed by atoms with van der Waals surface area (Å²) in [5.74, 6) is 0. The van der Waals surface area contributed by atoms with E-state index in [9.17, 15) is 0 Å². The number of aliphatic hydroxyl groups is 1. The third-order valence-corrected chi connectivity index (χ3v) is 3.18. The molecule has 2 rings (SSSR count). The minimum absolute atomic E-state index is 0. The van der Waals surface area contributed by atoms with Crippen molar-refractivity contribution in [2.24, 2.45) is 5.73 Å². The first-order chi connectivity index (χ1) is 8.70. The van der Waals surface area contributed by atoms with Gasteiger partial charge in [-0.05, 0) is 41.3 Å². The highest BCUT2D eigenvalue weighted by molar-refractivity contribution is 6.30. The van der Waals surface area contributed by atoms with Crippen LogP contribution in [0.2, 0.25) is 5.02 Å². The molecule has 102 valence electrons. The Balaban J connectivity index is 0.00000180. The molecule has 3 N–H and O–H groups in total. The molecule has 4 heteroatoms. The number of hydrogen-bond acceptors (Lipinski definition) is 2. The number of benzene rings is 2. The van der Waals surface area contributed by atoms with Crippen LogP contribution >= 0.6 is 24.0 Å². The van der Waals surface area contributed by atoms with E-state index in [2.05, 4.69) is 6.07 Å². The Morgan fingerprint density at radius 2 is 1.74 bits per heavy atom. The summed E-state index contributed by atoms with van der Waals surface area (Å²) in [5, 5.41) is 9.65. The Hall–Kier alpha value is -1.06. The second-order valence-corrected chi connectivity index (χ2v) is 4.69. The zero-order chi connectivity index (χ0) is 13.0. The fourth-order valence-electron chi connectivity index (χ4n) is 1.90. The third-order valence-electron chi connectivity index (χ3n) is 2.93. The minimum atomic E-state index is -0.123. The van der Waals surface area contributed by atoms with Crippen LogP contribution in [-0.2, 0) is 0 Å². The van der Waals surface area contributed by atoms with Gasteiger partial charge in [0.1, 0.15) is 0 Å². The molecule has 0 aliphatic heterocycles. The molecule has 0 saturated heterocycles. The number of hydrogen-bond donors (Lipinski definition) is 2. The van der Waals surface area contributed by atoms with Crippen molar-refractivity contribution in [3.63, 3.8) is 0 Å². The summed E-state index contributed by atoms with van der Waals surface area (Å²) in [5.41, 5.74) is 9.25. The Morgan fingerprint density at radius 3 is 2.37 bits per heavy atom. The Bertz CT molecular complexity index is 514. The lowest BCUT2D eigenvalue weighted by molar-refractivity contribution is 0.276. The second-order valence-electron chi connectivity index (χ2n) is 4.25. The van der Waals surface area contributed by atoms with Gasteiger partial charge in [0.2, 0.25) is 0 Å². The van der Waals surface area contributed by atoms with Crippen LogP contribution in [0.25, 0.3) is 11.1 Å². The highest BCUT2D eigenvalue weighted by Gasteiger charge is 2.06. The fourth-order valence-corrected chi connectivity index (χ4v) is 2.02. The van der Waals surface area contributed by atoms with E-state index in [4.69, 9.17) is 22.4 Å². The van der Waals surface area contributed by atoms with E-state index in [1.165, 1.54) is 0 Å². The zero-order valence-electron chi connectivity index (χ0n) is 10.4. The number of nitrogens with two attached hydrogens (primary N) is 1. The maximum Gasteiger partial charge on any atom is 0.0449 e. The summed E-state index contributed by atoms with van der Waals surface area (Å²) in [4.78, 5) is 0. The van der Waals surface area contributed by atoms with E-state index in [1.807, 2.05) is 42.5 Å². The van der Waals surface area contributed by atoms with E-state index >= 15 is 0 Å². The van der Waals surface area contributed by atoms with Gasteiger partial charge in [-0.15, -0.1) is 12.4 Å². The van der Waals surface area contributed by atoms with Crippen molar-refractivity contribution < 1.29 is 5.11 Å². The van der Waals surface area contributed by atoms with Crippen LogP contribution in [0, 0.1) is 0 Å². The lowest BCUT2D eigenvalue weighted by atomic mass is 9.98. The number of aliphatic hydroxyl groups excluding tert-OH is 1. The summed E-state index contributed by atoms with van der Waals surface area (Å²) < 4.78 is 0. The van der Waals surface area contributed by atoms with Gasteiger partial charge in [0.05, 0.1) is 0 Å². The molecule has 0 aromatic heterocycles. The van der Waals surface area contributed by atoms with Crippen LogP contribution in [0.3, 0.4) is 0 Å². The lowest BCUT2D eigenvalue weighted by Gasteiger charge is -2.12. The molecule has 0 aliphatic rings. The molecule has 0 heterocycles. The molecule has 0 aliphatic carbocycles. The van der Waals surface area contributed by atoms with Gasteiger partial charge in [-0.3, -0.25) is 0 Å². The summed E-state index contributed by atoms with van der Waals surface area (Å²) in [6, 6.07) is 15.7. The summed E-state index contributed by atoms with van der Waals surface area (Å²) in [6.07, 6.45) is 0.573. The van der Waals surface area contributed by atoms with E-state index in [0.29, 0.717) is 6.42 Å². The van der Waals surface area contributed by atoms with Crippen molar-refractivity contribution in [2.45, 2.75) is 12.5 Å². The summed E-state index contributed by atoms with van der Waals surface area (Å²) in [6.45, 7) is 0.104. The lowest BCUT2D eigenvalue weighted by Crippen LogP contribution is -2.11. The molecule has 0 radical (unpaired) electrons. The largest absolute Gasteiger partial charge is 0.396 e. The maximum atomic E-state index is 8.92.